The van der Waals surface area contributed by atoms with Crippen molar-refractivity contribution in [3.05, 3.63) is 113 Å². The average Bonchev–Trinajstić information content (AvgIpc) is 3.04. The van der Waals surface area contributed by atoms with E-state index in [4.69, 9.17) is 28.0 Å². The van der Waals surface area contributed by atoms with Crippen molar-refractivity contribution in [2.75, 3.05) is 48.6 Å². The maximum Gasteiger partial charge on any atom is 0.295 e. The highest BCUT2D eigenvalue weighted by atomic mass is 35.5. The van der Waals surface area contributed by atoms with Crippen LogP contribution < -0.4 is 19.5 Å². The van der Waals surface area contributed by atoms with Crippen LogP contribution >= 0.6 is 23.2 Å². The fourth-order valence-electron chi connectivity index (χ4n) is 4.68. The van der Waals surface area contributed by atoms with Crippen LogP contribution in [0.4, 0.5) is 11.4 Å². The van der Waals surface area contributed by atoms with Gasteiger partial charge in [0.05, 0.1) is 20.6 Å². The molecule has 43 heavy (non-hydrogen) atoms. The highest BCUT2D eigenvalue weighted by Crippen LogP contribution is 2.30. The minimum atomic E-state index is -4.18. The molecule has 2 heterocycles. The quantitative estimate of drug-likeness (QED) is 0.171. The third-order valence-electron chi connectivity index (χ3n) is 7.02. The van der Waals surface area contributed by atoms with E-state index in [1.807, 2.05) is 24.5 Å². The van der Waals surface area contributed by atoms with Crippen molar-refractivity contribution in [1.29, 1.82) is 0 Å². The third kappa shape index (κ3) is 7.77. The molecule has 0 aliphatic carbocycles. The maximum absolute atomic E-state index is 13.7. The molecule has 1 amide bonds. The normalized spacial score (nSPS) is 13.9. The topological polar surface area (TPSA) is 95.1 Å². The van der Waals surface area contributed by atoms with Gasteiger partial charge in [0.15, 0.2) is 5.75 Å². The van der Waals surface area contributed by atoms with Gasteiger partial charge in [0.1, 0.15) is 0 Å². The van der Waals surface area contributed by atoms with E-state index >= 15 is 0 Å². The summed E-state index contributed by atoms with van der Waals surface area (Å²) in [4.78, 5) is 27.3. The van der Waals surface area contributed by atoms with Crippen LogP contribution in [0.1, 0.15) is 16.8 Å². The van der Waals surface area contributed by atoms with E-state index in [0.29, 0.717) is 17.1 Å². The standard InChI is InChI=1S/C31H31Cl2N5O4S/c32-29-12-9-27(23-30(29)33)42-38(26-5-2-1-3-6-26)43(40,41)28-10-7-24(8-11-28)31(39)35-15-4-18-36-19-21-37(22-20-36)25-13-16-34-17-14-25/h1-3,5-14,16-17,23H,4,15,18-22H2,(H,35,39). The van der Waals surface area contributed by atoms with Gasteiger partial charge in [-0.2, -0.15) is 8.42 Å². The van der Waals surface area contributed by atoms with Gasteiger partial charge in [0, 0.05) is 62.4 Å². The summed E-state index contributed by atoms with van der Waals surface area (Å²) in [6.07, 6.45) is 4.43. The Morgan fingerprint density at radius 2 is 1.58 bits per heavy atom. The second kappa shape index (κ2) is 14.1. The molecule has 1 fully saturated rings. The van der Waals surface area contributed by atoms with Crippen molar-refractivity contribution in [2.24, 2.45) is 0 Å². The summed E-state index contributed by atoms with van der Waals surface area (Å²) in [7, 11) is -4.18. The number of rotatable bonds is 11. The van der Waals surface area contributed by atoms with Crippen LogP contribution in [0.2, 0.25) is 10.0 Å². The van der Waals surface area contributed by atoms with Gasteiger partial charge in [-0.05, 0) is 73.6 Å². The predicted molar refractivity (Wildman–Crippen MR) is 169 cm³/mol. The van der Waals surface area contributed by atoms with E-state index in [-0.39, 0.29) is 27.3 Å². The molecule has 0 spiro atoms. The van der Waals surface area contributed by atoms with Gasteiger partial charge in [0.25, 0.3) is 15.9 Å². The molecule has 12 heteroatoms. The van der Waals surface area contributed by atoms with E-state index in [1.165, 1.54) is 48.2 Å². The lowest BCUT2D eigenvalue weighted by Gasteiger charge is -2.36. The van der Waals surface area contributed by atoms with Gasteiger partial charge in [-0.1, -0.05) is 45.9 Å². The van der Waals surface area contributed by atoms with Crippen molar-refractivity contribution in [1.82, 2.24) is 15.2 Å². The third-order valence-corrected chi connectivity index (χ3v) is 9.34. The van der Waals surface area contributed by atoms with Crippen LogP contribution in [0.25, 0.3) is 0 Å². The number of hydrogen-bond acceptors (Lipinski definition) is 7. The number of sulfonamides is 1. The number of hydrogen-bond donors (Lipinski definition) is 1. The molecule has 1 aliphatic heterocycles. The molecule has 1 saturated heterocycles. The lowest BCUT2D eigenvalue weighted by molar-refractivity contribution is 0.0951. The Labute approximate surface area is 261 Å². The number of carbonyl (C=O) groups is 1. The highest BCUT2D eigenvalue weighted by Gasteiger charge is 2.28. The van der Waals surface area contributed by atoms with E-state index in [9.17, 15) is 13.2 Å². The molecular weight excluding hydrogens is 609 g/mol. The van der Waals surface area contributed by atoms with Gasteiger partial charge in [-0.15, -0.1) is 0 Å². The Kier molecular flexibility index (Phi) is 10.0. The Hall–Kier alpha value is -3.83. The number of anilines is 2. The van der Waals surface area contributed by atoms with Crippen molar-refractivity contribution in [3.63, 3.8) is 0 Å². The molecular formula is C31H31Cl2N5O4S. The Balaban J connectivity index is 1.16. The Bertz CT molecular complexity index is 1620. The number of aromatic nitrogens is 1. The minimum absolute atomic E-state index is 0.0427. The van der Waals surface area contributed by atoms with Crippen LogP contribution in [0.5, 0.6) is 5.75 Å². The fraction of sp³-hybridized carbons (Fsp3) is 0.226. The van der Waals surface area contributed by atoms with Gasteiger partial charge in [-0.25, -0.2) is 0 Å². The first kappa shape index (κ1) is 30.6. The van der Waals surface area contributed by atoms with Gasteiger partial charge in [0.2, 0.25) is 0 Å². The van der Waals surface area contributed by atoms with Crippen molar-refractivity contribution < 1.29 is 18.0 Å². The smallest absolute Gasteiger partial charge is 0.295 e. The van der Waals surface area contributed by atoms with Crippen LogP contribution in [0.3, 0.4) is 0 Å². The predicted octanol–water partition coefficient (Wildman–Crippen LogP) is 5.52. The Morgan fingerprint density at radius 1 is 0.884 bits per heavy atom. The number of pyridine rings is 1. The summed E-state index contributed by atoms with van der Waals surface area (Å²) in [6.45, 7) is 5.22. The lowest BCUT2D eigenvalue weighted by Crippen LogP contribution is -2.47. The summed E-state index contributed by atoms with van der Waals surface area (Å²) in [5.41, 5.74) is 1.84. The minimum Gasteiger partial charge on any atom is -0.369 e. The van der Waals surface area contributed by atoms with Gasteiger partial charge < -0.3 is 15.1 Å². The number of nitrogens with zero attached hydrogens (tertiary/aromatic N) is 4. The Morgan fingerprint density at radius 3 is 2.26 bits per heavy atom. The lowest BCUT2D eigenvalue weighted by atomic mass is 10.2. The number of benzene rings is 3. The SMILES string of the molecule is O=C(NCCCN1CCN(c2ccncc2)CC1)c1ccc(S(=O)(=O)N(Oc2ccc(Cl)c(Cl)c2)c2ccccc2)cc1. The molecule has 0 saturated carbocycles. The number of piperazine rings is 1. The molecule has 0 radical (unpaired) electrons. The molecule has 1 aliphatic rings. The number of amides is 1. The largest absolute Gasteiger partial charge is 0.369 e. The fourth-order valence-corrected chi connectivity index (χ4v) is 6.23. The zero-order chi connectivity index (χ0) is 30.2. The van der Waals surface area contributed by atoms with E-state index in [2.05, 4.69) is 20.1 Å². The van der Waals surface area contributed by atoms with Gasteiger partial charge in [-0.3, -0.25) is 14.7 Å². The first-order valence-electron chi connectivity index (χ1n) is 13.8. The van der Waals surface area contributed by atoms with Crippen molar-refractivity contribution >= 4 is 50.5 Å². The van der Waals surface area contributed by atoms with Crippen LogP contribution in [0, 0.1) is 0 Å². The molecule has 1 N–H and O–H groups in total. The monoisotopic (exact) mass is 639 g/mol. The molecule has 9 nitrogen and oxygen atoms in total. The number of halogens is 2. The molecule has 0 atom stereocenters. The van der Waals surface area contributed by atoms with Gasteiger partial charge >= 0.3 is 0 Å². The van der Waals surface area contributed by atoms with E-state index < -0.39 is 10.0 Å². The molecule has 0 unspecified atom stereocenters. The van der Waals surface area contributed by atoms with Crippen LogP contribution in [0.15, 0.2) is 102 Å². The first-order chi connectivity index (χ1) is 20.8. The summed E-state index contributed by atoms with van der Waals surface area (Å²) in [5, 5.41) is 3.47. The molecule has 5 rings (SSSR count). The first-order valence-corrected chi connectivity index (χ1v) is 16.0. The highest BCUT2D eigenvalue weighted by molar-refractivity contribution is 7.92. The number of para-hydroxylation sites is 1. The van der Waals surface area contributed by atoms with E-state index in [1.54, 1.807) is 30.3 Å². The zero-order valence-corrected chi connectivity index (χ0v) is 25.6. The summed E-state index contributed by atoms with van der Waals surface area (Å²) in [5.74, 6) is -0.0770. The summed E-state index contributed by atoms with van der Waals surface area (Å²) >= 11 is 12.1. The average molecular weight is 641 g/mol. The second-order valence-corrected chi connectivity index (χ2v) is 12.5. The van der Waals surface area contributed by atoms with Crippen molar-refractivity contribution in [3.8, 4) is 5.75 Å². The van der Waals surface area contributed by atoms with Crippen LogP contribution in [-0.2, 0) is 10.0 Å². The maximum atomic E-state index is 13.7. The summed E-state index contributed by atoms with van der Waals surface area (Å²) < 4.78 is 28.1. The molecule has 4 aromatic rings. The molecule has 1 aromatic heterocycles. The van der Waals surface area contributed by atoms with Crippen molar-refractivity contribution in [2.45, 2.75) is 11.3 Å². The number of carbonyl (C=O) groups excluding carboxylic acids is 1. The zero-order valence-electron chi connectivity index (χ0n) is 23.3. The summed E-state index contributed by atoms with van der Waals surface area (Å²) in [6, 6.07) is 22.7. The number of nitrogens with one attached hydrogen (secondary N) is 1. The molecule has 3 aromatic carbocycles. The van der Waals surface area contributed by atoms with E-state index in [0.717, 1.165) is 43.6 Å². The molecule has 0 bridgehead atoms. The molecule has 224 valence electrons. The van der Waals surface area contributed by atoms with Crippen LogP contribution in [-0.4, -0.2) is 63.5 Å². The second-order valence-electron chi connectivity index (χ2n) is 9.90.